The highest BCUT2D eigenvalue weighted by atomic mass is 16.5. The van der Waals surface area contributed by atoms with Gasteiger partial charge in [0.1, 0.15) is 12.4 Å². The van der Waals surface area contributed by atoms with Crippen LogP contribution in [0.1, 0.15) is 16.7 Å². The van der Waals surface area contributed by atoms with Crippen LogP contribution in [0.3, 0.4) is 0 Å². The lowest BCUT2D eigenvalue weighted by molar-refractivity contribution is 0.305. The Kier molecular flexibility index (Phi) is 5.25. The molecule has 3 heteroatoms. The summed E-state index contributed by atoms with van der Waals surface area (Å²) in [5.41, 5.74) is 7.30. The molecule has 1 N–H and O–H groups in total. The molecule has 0 aliphatic heterocycles. The molecule has 3 nitrogen and oxygen atoms in total. The van der Waals surface area contributed by atoms with E-state index in [0.29, 0.717) is 6.61 Å². The fraction of sp³-hybridized carbons (Fsp3) is 0.0952. The minimum atomic E-state index is 0.540. The first-order valence-corrected chi connectivity index (χ1v) is 7.93. The number of nitrogens with zero attached hydrogens (tertiary/aromatic N) is 1. The number of nitrogens with one attached hydrogen (secondary N) is 1. The lowest BCUT2D eigenvalue weighted by Gasteiger charge is -2.09. The molecule has 3 rings (SSSR count). The Hall–Kier alpha value is -3.07. The van der Waals surface area contributed by atoms with Crippen molar-refractivity contribution in [2.45, 2.75) is 13.5 Å². The molecule has 0 radical (unpaired) electrons. The van der Waals surface area contributed by atoms with E-state index in [0.717, 1.165) is 22.6 Å². The van der Waals surface area contributed by atoms with Gasteiger partial charge in [0.15, 0.2) is 0 Å². The Morgan fingerprint density at radius 1 is 0.917 bits per heavy atom. The number of para-hydroxylation sites is 2. The van der Waals surface area contributed by atoms with Gasteiger partial charge in [0.05, 0.1) is 11.9 Å². The standard InChI is InChI=1S/C21H20N2O/c1-17-8-7-9-18(14-17)16-24-21-13-6-5-10-19(21)15-22-23-20-11-3-2-4-12-20/h2-15,23H,16H2,1H3/b22-15+. The maximum atomic E-state index is 5.96. The molecule has 3 aromatic carbocycles. The zero-order valence-electron chi connectivity index (χ0n) is 13.6. The molecular weight excluding hydrogens is 296 g/mol. The third-order valence-electron chi connectivity index (χ3n) is 3.57. The minimum Gasteiger partial charge on any atom is -0.488 e. The average molecular weight is 316 g/mol. The van der Waals surface area contributed by atoms with E-state index in [9.17, 15) is 0 Å². The molecule has 0 unspecified atom stereocenters. The number of aryl methyl sites for hydroxylation is 1. The minimum absolute atomic E-state index is 0.540. The zero-order chi connectivity index (χ0) is 16.6. The van der Waals surface area contributed by atoms with Crippen molar-refractivity contribution in [2.24, 2.45) is 5.10 Å². The molecule has 0 saturated carbocycles. The predicted molar refractivity (Wildman–Crippen MR) is 99.6 cm³/mol. The molecule has 0 heterocycles. The third kappa shape index (κ3) is 4.46. The van der Waals surface area contributed by atoms with Crippen LogP contribution in [0.25, 0.3) is 0 Å². The first-order chi connectivity index (χ1) is 11.8. The Labute approximate surface area is 142 Å². The van der Waals surface area contributed by atoms with Crippen LogP contribution >= 0.6 is 0 Å². The molecule has 0 aromatic heterocycles. The van der Waals surface area contributed by atoms with Gasteiger partial charge >= 0.3 is 0 Å². The highest BCUT2D eigenvalue weighted by molar-refractivity contribution is 5.83. The summed E-state index contributed by atoms with van der Waals surface area (Å²) in [6.07, 6.45) is 1.78. The Bertz CT molecular complexity index is 813. The van der Waals surface area contributed by atoms with Gasteiger partial charge in [0.25, 0.3) is 0 Å². The average Bonchev–Trinajstić information content (AvgIpc) is 2.62. The molecule has 24 heavy (non-hydrogen) atoms. The monoisotopic (exact) mass is 316 g/mol. The summed E-state index contributed by atoms with van der Waals surface area (Å²) in [5, 5.41) is 4.29. The van der Waals surface area contributed by atoms with E-state index >= 15 is 0 Å². The van der Waals surface area contributed by atoms with Crippen molar-refractivity contribution in [1.29, 1.82) is 0 Å². The summed E-state index contributed by atoms with van der Waals surface area (Å²) in [4.78, 5) is 0. The second kappa shape index (κ2) is 7.97. The fourth-order valence-corrected chi connectivity index (χ4v) is 2.37. The fourth-order valence-electron chi connectivity index (χ4n) is 2.37. The van der Waals surface area contributed by atoms with E-state index in [1.54, 1.807) is 6.21 Å². The van der Waals surface area contributed by atoms with Crippen LogP contribution in [-0.2, 0) is 6.61 Å². The van der Waals surface area contributed by atoms with E-state index in [1.165, 1.54) is 5.56 Å². The van der Waals surface area contributed by atoms with Gasteiger partial charge in [-0.1, -0.05) is 60.2 Å². The van der Waals surface area contributed by atoms with Gasteiger partial charge in [-0.25, -0.2) is 0 Å². The third-order valence-corrected chi connectivity index (χ3v) is 3.57. The van der Waals surface area contributed by atoms with Gasteiger partial charge in [0, 0.05) is 5.56 Å². The first-order valence-electron chi connectivity index (χ1n) is 7.93. The number of anilines is 1. The van der Waals surface area contributed by atoms with E-state index < -0.39 is 0 Å². The topological polar surface area (TPSA) is 33.6 Å². The molecular formula is C21H20N2O. The SMILES string of the molecule is Cc1cccc(COc2ccccc2/C=N/Nc2ccccc2)c1. The van der Waals surface area contributed by atoms with Gasteiger partial charge in [-0.3, -0.25) is 5.43 Å². The Morgan fingerprint density at radius 3 is 2.54 bits per heavy atom. The number of hydrogen-bond acceptors (Lipinski definition) is 3. The lowest BCUT2D eigenvalue weighted by Crippen LogP contribution is -1.99. The summed E-state index contributed by atoms with van der Waals surface area (Å²) >= 11 is 0. The van der Waals surface area contributed by atoms with Crippen molar-refractivity contribution in [3.63, 3.8) is 0 Å². The summed E-state index contributed by atoms with van der Waals surface area (Å²) in [6, 6.07) is 26.1. The molecule has 0 bridgehead atoms. The number of ether oxygens (including phenoxy) is 1. The molecule has 3 aromatic rings. The largest absolute Gasteiger partial charge is 0.488 e. The first kappa shape index (κ1) is 15.8. The second-order valence-corrected chi connectivity index (χ2v) is 5.55. The van der Waals surface area contributed by atoms with Crippen molar-refractivity contribution in [1.82, 2.24) is 0 Å². The molecule has 0 amide bonds. The van der Waals surface area contributed by atoms with E-state index in [-0.39, 0.29) is 0 Å². The van der Waals surface area contributed by atoms with Crippen LogP contribution in [0.5, 0.6) is 5.75 Å². The maximum absolute atomic E-state index is 5.96. The van der Waals surface area contributed by atoms with Crippen LogP contribution < -0.4 is 10.2 Å². The van der Waals surface area contributed by atoms with Gasteiger partial charge in [0.2, 0.25) is 0 Å². The van der Waals surface area contributed by atoms with Gasteiger partial charge < -0.3 is 4.74 Å². The highest BCUT2D eigenvalue weighted by Crippen LogP contribution is 2.18. The smallest absolute Gasteiger partial charge is 0.128 e. The van der Waals surface area contributed by atoms with Crippen molar-refractivity contribution >= 4 is 11.9 Å². The molecule has 0 aliphatic rings. The Morgan fingerprint density at radius 2 is 1.71 bits per heavy atom. The van der Waals surface area contributed by atoms with Gasteiger partial charge in [-0.05, 0) is 36.8 Å². The maximum Gasteiger partial charge on any atom is 0.128 e. The van der Waals surface area contributed by atoms with Crippen LogP contribution in [-0.4, -0.2) is 6.21 Å². The van der Waals surface area contributed by atoms with E-state index in [1.807, 2.05) is 60.7 Å². The van der Waals surface area contributed by atoms with Crippen molar-refractivity contribution in [3.05, 3.63) is 95.6 Å². The number of hydrazone groups is 1. The van der Waals surface area contributed by atoms with Gasteiger partial charge in [-0.15, -0.1) is 0 Å². The molecule has 0 fully saturated rings. The van der Waals surface area contributed by atoms with Crippen molar-refractivity contribution in [2.75, 3.05) is 5.43 Å². The van der Waals surface area contributed by atoms with E-state index in [4.69, 9.17) is 4.74 Å². The number of benzene rings is 3. The molecule has 120 valence electrons. The van der Waals surface area contributed by atoms with Crippen LogP contribution in [0, 0.1) is 6.92 Å². The number of rotatable bonds is 6. The van der Waals surface area contributed by atoms with Crippen molar-refractivity contribution in [3.8, 4) is 5.75 Å². The molecule has 0 spiro atoms. The molecule has 0 atom stereocenters. The normalized spacial score (nSPS) is 10.7. The van der Waals surface area contributed by atoms with Crippen LogP contribution in [0.4, 0.5) is 5.69 Å². The van der Waals surface area contributed by atoms with Crippen LogP contribution in [0.15, 0.2) is 84.0 Å². The second-order valence-electron chi connectivity index (χ2n) is 5.55. The van der Waals surface area contributed by atoms with Crippen LogP contribution in [0.2, 0.25) is 0 Å². The molecule has 0 saturated heterocycles. The number of hydrogen-bond donors (Lipinski definition) is 1. The van der Waals surface area contributed by atoms with Crippen molar-refractivity contribution < 1.29 is 4.74 Å². The summed E-state index contributed by atoms with van der Waals surface area (Å²) < 4.78 is 5.96. The molecule has 0 aliphatic carbocycles. The van der Waals surface area contributed by atoms with E-state index in [2.05, 4.69) is 35.7 Å². The Balaban J connectivity index is 1.66. The lowest BCUT2D eigenvalue weighted by atomic mass is 10.1. The summed E-state index contributed by atoms with van der Waals surface area (Å²) in [7, 11) is 0. The summed E-state index contributed by atoms with van der Waals surface area (Å²) in [6.45, 7) is 2.62. The predicted octanol–water partition coefficient (Wildman–Crippen LogP) is 5.02. The highest BCUT2D eigenvalue weighted by Gasteiger charge is 2.01. The summed E-state index contributed by atoms with van der Waals surface area (Å²) in [5.74, 6) is 0.817. The quantitative estimate of drug-likeness (QED) is 0.512. The zero-order valence-corrected chi connectivity index (χ0v) is 13.6. The van der Waals surface area contributed by atoms with Gasteiger partial charge in [-0.2, -0.15) is 5.10 Å².